The van der Waals surface area contributed by atoms with Gasteiger partial charge < -0.3 is 19.8 Å². The largest absolute Gasteiger partial charge is 0.489 e. The molecule has 226 valence electrons. The van der Waals surface area contributed by atoms with Crippen LogP contribution in [0.5, 0.6) is 0 Å². The van der Waals surface area contributed by atoms with Gasteiger partial charge in [0.25, 0.3) is 5.91 Å². The first-order valence-electron chi connectivity index (χ1n) is 13.4. The van der Waals surface area contributed by atoms with Gasteiger partial charge in [0.1, 0.15) is 17.2 Å². The minimum Gasteiger partial charge on any atom is -0.455 e. The Morgan fingerprint density at radius 2 is 1.77 bits per heavy atom. The number of amides is 1. The number of nitrogens with one attached hydrogen (secondary N) is 2. The van der Waals surface area contributed by atoms with Crippen LogP contribution >= 0.6 is 0 Å². The van der Waals surface area contributed by atoms with Crippen LogP contribution in [0.25, 0.3) is 22.3 Å². The summed E-state index contributed by atoms with van der Waals surface area (Å²) in [6, 6.07) is 11.8. The lowest BCUT2D eigenvalue weighted by molar-refractivity contribution is -0.136. The molecule has 1 aliphatic carbocycles. The summed E-state index contributed by atoms with van der Waals surface area (Å²) in [6.45, 7) is -0.196. The molecule has 14 heteroatoms. The third kappa shape index (κ3) is 6.77. The van der Waals surface area contributed by atoms with Gasteiger partial charge in [-0.2, -0.15) is 13.2 Å². The Morgan fingerprint density at radius 1 is 1.07 bits per heavy atom. The fourth-order valence-electron chi connectivity index (χ4n) is 5.09. The van der Waals surface area contributed by atoms with Crippen molar-refractivity contribution in [1.82, 2.24) is 10.0 Å². The molecule has 1 aromatic heterocycles. The summed E-state index contributed by atoms with van der Waals surface area (Å²) in [5.74, 6) is -0.999. The molecule has 0 saturated heterocycles. The van der Waals surface area contributed by atoms with E-state index in [4.69, 9.17) is 4.42 Å². The Hall–Kier alpha value is -3.72. The maximum absolute atomic E-state index is 13.5. The normalized spacial score (nSPS) is 13.8. The van der Waals surface area contributed by atoms with Crippen LogP contribution in [0, 0.1) is 5.82 Å². The molecule has 1 heterocycles. The van der Waals surface area contributed by atoms with E-state index in [2.05, 4.69) is 10.0 Å². The second-order valence-electron chi connectivity index (χ2n) is 10.4. The molecule has 1 amide bonds. The summed E-state index contributed by atoms with van der Waals surface area (Å²) in [7, 11) is -4.80. The molecule has 0 aliphatic heterocycles. The zero-order chi connectivity index (χ0) is 31.1. The van der Waals surface area contributed by atoms with Crippen molar-refractivity contribution < 1.29 is 45.2 Å². The zero-order valence-corrected chi connectivity index (χ0v) is 23.7. The van der Waals surface area contributed by atoms with Crippen LogP contribution in [0.1, 0.15) is 51.4 Å². The summed E-state index contributed by atoms with van der Waals surface area (Å²) in [6.07, 6.45) is -3.23. The summed E-state index contributed by atoms with van der Waals surface area (Å²) < 4.78 is 88.3. The molecule has 3 aromatic carbocycles. The molecule has 43 heavy (non-hydrogen) atoms. The highest BCUT2D eigenvalue weighted by Gasteiger charge is 2.36. The minimum atomic E-state index is -4.83. The molecule has 0 spiro atoms. The van der Waals surface area contributed by atoms with Gasteiger partial charge in [0.2, 0.25) is 10.0 Å². The van der Waals surface area contributed by atoms with Gasteiger partial charge in [-0.3, -0.25) is 4.79 Å². The molecule has 0 radical (unpaired) electrons. The molecular formula is C29H27BF4N2O6S. The summed E-state index contributed by atoms with van der Waals surface area (Å²) in [5.41, 5.74) is 0.462. The van der Waals surface area contributed by atoms with Crippen LogP contribution in [0.15, 0.2) is 59.0 Å². The second kappa shape index (κ2) is 11.8. The van der Waals surface area contributed by atoms with Crippen LogP contribution in [0.4, 0.5) is 17.6 Å². The van der Waals surface area contributed by atoms with Crippen LogP contribution in [-0.2, 0) is 28.4 Å². The fraction of sp³-hybridized carbons (Fsp3) is 0.276. The minimum absolute atomic E-state index is 0.0761. The average Bonchev–Trinajstić information content (AvgIpc) is 3.72. The fourth-order valence-corrected chi connectivity index (χ4v) is 6.27. The highest BCUT2D eigenvalue weighted by Crippen LogP contribution is 2.45. The smallest absolute Gasteiger partial charge is 0.455 e. The number of benzene rings is 3. The third-order valence-electron chi connectivity index (χ3n) is 7.31. The Morgan fingerprint density at radius 3 is 2.37 bits per heavy atom. The van der Waals surface area contributed by atoms with Crippen molar-refractivity contribution in [3.8, 4) is 11.3 Å². The molecule has 8 nitrogen and oxygen atoms in total. The highest BCUT2D eigenvalue weighted by molar-refractivity contribution is 7.88. The predicted molar refractivity (Wildman–Crippen MR) is 153 cm³/mol. The summed E-state index contributed by atoms with van der Waals surface area (Å²) in [4.78, 5) is 12.9. The number of hydrogen-bond donors (Lipinski definition) is 4. The molecular weight excluding hydrogens is 591 g/mol. The van der Waals surface area contributed by atoms with Crippen molar-refractivity contribution in [2.75, 3.05) is 13.6 Å². The third-order valence-corrected chi connectivity index (χ3v) is 8.64. The number of rotatable bonds is 10. The standard InChI is InChI=1S/C29H27BF4N2O6S/c1-35-28(37)26-22-14-21(17-3-4-17)19(13-25(22)42-27(26)18-5-7-20(31)8-6-18)15-43(40,41)36-11-10-16-2-9-24(30(38)39)23(12-16)29(32,33)34/h2,5-9,12-14,17,36,38-39H,3-4,10-11,15H2,1H3,(H,35,37). The van der Waals surface area contributed by atoms with Crippen LogP contribution in [0.3, 0.4) is 0 Å². The van der Waals surface area contributed by atoms with Crippen molar-refractivity contribution in [3.05, 3.63) is 88.2 Å². The van der Waals surface area contributed by atoms with E-state index in [0.29, 0.717) is 16.5 Å². The number of alkyl halides is 3. The average molecular weight is 618 g/mol. The zero-order valence-electron chi connectivity index (χ0n) is 22.8. The summed E-state index contributed by atoms with van der Waals surface area (Å²) >= 11 is 0. The molecule has 0 atom stereocenters. The van der Waals surface area contributed by atoms with Gasteiger partial charge in [-0.15, -0.1) is 0 Å². The van der Waals surface area contributed by atoms with E-state index in [1.54, 1.807) is 12.1 Å². The number of furan rings is 1. The maximum Gasteiger partial charge on any atom is 0.489 e. The first kappa shape index (κ1) is 30.7. The van der Waals surface area contributed by atoms with Crippen molar-refractivity contribution in [1.29, 1.82) is 0 Å². The Kier molecular flexibility index (Phi) is 8.40. The van der Waals surface area contributed by atoms with E-state index in [1.807, 2.05) is 0 Å². The van der Waals surface area contributed by atoms with Crippen LogP contribution in [0.2, 0.25) is 0 Å². The molecule has 4 N–H and O–H groups in total. The lowest BCUT2D eigenvalue weighted by Gasteiger charge is -2.15. The molecule has 5 rings (SSSR count). The number of carbonyl (C=O) groups is 1. The van der Waals surface area contributed by atoms with Crippen molar-refractivity contribution >= 4 is 39.5 Å². The van der Waals surface area contributed by atoms with E-state index in [0.717, 1.165) is 30.5 Å². The van der Waals surface area contributed by atoms with E-state index >= 15 is 0 Å². The Bertz CT molecular complexity index is 1790. The number of fused-ring (bicyclic) bond motifs is 1. The first-order valence-corrected chi connectivity index (χ1v) is 15.0. The first-order chi connectivity index (χ1) is 20.3. The van der Waals surface area contributed by atoms with Gasteiger partial charge in [0.05, 0.1) is 16.9 Å². The molecule has 0 bridgehead atoms. The van der Waals surface area contributed by atoms with Gasteiger partial charge >= 0.3 is 13.3 Å². The van der Waals surface area contributed by atoms with E-state index in [-0.39, 0.29) is 41.4 Å². The molecule has 1 aliphatic rings. The van der Waals surface area contributed by atoms with Gasteiger partial charge in [-0.25, -0.2) is 17.5 Å². The van der Waals surface area contributed by atoms with Gasteiger partial charge in [0.15, 0.2) is 0 Å². The number of halogens is 4. The lowest BCUT2D eigenvalue weighted by atomic mass is 9.76. The molecule has 1 saturated carbocycles. The molecule has 4 aromatic rings. The van der Waals surface area contributed by atoms with E-state index in [9.17, 15) is 40.8 Å². The number of hydrogen-bond acceptors (Lipinski definition) is 6. The van der Waals surface area contributed by atoms with E-state index in [1.165, 1.54) is 37.4 Å². The summed E-state index contributed by atoms with van der Waals surface area (Å²) in [5, 5.41) is 21.6. The molecule has 0 unspecified atom stereocenters. The van der Waals surface area contributed by atoms with E-state index < -0.39 is 51.8 Å². The highest BCUT2D eigenvalue weighted by atomic mass is 32.2. The monoisotopic (exact) mass is 618 g/mol. The Balaban J connectivity index is 1.41. The predicted octanol–water partition coefficient (Wildman–Crippen LogP) is 3.84. The Labute approximate surface area is 244 Å². The SMILES string of the molecule is CNC(=O)c1c(-c2ccc(F)cc2)oc2cc(CS(=O)(=O)NCCc3ccc(B(O)O)c(C(F)(F)F)c3)c(C3CC3)cc12. The van der Waals surface area contributed by atoms with Crippen LogP contribution < -0.4 is 15.5 Å². The van der Waals surface area contributed by atoms with Gasteiger partial charge in [-0.05, 0) is 89.8 Å². The lowest BCUT2D eigenvalue weighted by Crippen LogP contribution is -2.36. The number of sulfonamides is 1. The van der Waals surface area contributed by atoms with Gasteiger partial charge in [-0.1, -0.05) is 12.1 Å². The van der Waals surface area contributed by atoms with Crippen molar-refractivity contribution in [2.45, 2.75) is 37.1 Å². The topological polar surface area (TPSA) is 129 Å². The molecule has 1 fully saturated rings. The van der Waals surface area contributed by atoms with Crippen LogP contribution in [-0.4, -0.2) is 45.1 Å². The van der Waals surface area contributed by atoms with Crippen molar-refractivity contribution in [3.63, 3.8) is 0 Å². The maximum atomic E-state index is 13.5. The van der Waals surface area contributed by atoms with Crippen molar-refractivity contribution in [2.24, 2.45) is 0 Å². The number of carbonyl (C=O) groups excluding carboxylic acids is 1. The van der Waals surface area contributed by atoms with Gasteiger partial charge in [0, 0.05) is 24.5 Å². The quantitative estimate of drug-likeness (QED) is 0.158. The second-order valence-corrected chi connectivity index (χ2v) is 12.2.